The van der Waals surface area contributed by atoms with E-state index in [-0.39, 0.29) is 11.5 Å². The van der Waals surface area contributed by atoms with Gasteiger partial charge in [-0.1, -0.05) is 19.9 Å². The zero-order valence-corrected chi connectivity index (χ0v) is 12.4. The quantitative estimate of drug-likeness (QED) is 0.864. The number of nitrogens with zero attached hydrogens (tertiary/aromatic N) is 1. The maximum absolute atomic E-state index is 8.68. The Bertz CT molecular complexity index is 506. The summed E-state index contributed by atoms with van der Waals surface area (Å²) in [6.07, 6.45) is 1.51. The summed E-state index contributed by atoms with van der Waals surface area (Å²) in [6.45, 7) is 7.69. The molecule has 4 nitrogen and oxygen atoms in total. The largest absolute Gasteiger partial charge is 0.454 e. The van der Waals surface area contributed by atoms with E-state index in [4.69, 9.17) is 14.7 Å². The van der Waals surface area contributed by atoms with Crippen LogP contribution in [0.4, 0.5) is 0 Å². The van der Waals surface area contributed by atoms with E-state index in [0.717, 1.165) is 24.5 Å². The maximum atomic E-state index is 8.68. The van der Waals surface area contributed by atoms with Crippen molar-refractivity contribution in [1.29, 1.82) is 5.26 Å². The third kappa shape index (κ3) is 3.64. The summed E-state index contributed by atoms with van der Waals surface area (Å²) < 4.78 is 10.7. The molecule has 1 aromatic rings. The Hall–Kier alpha value is -1.73. The molecule has 1 N–H and O–H groups in total. The third-order valence-electron chi connectivity index (χ3n) is 3.70. The molecule has 0 spiro atoms. The van der Waals surface area contributed by atoms with E-state index < -0.39 is 0 Å². The van der Waals surface area contributed by atoms with Crippen molar-refractivity contribution in [3.05, 3.63) is 23.8 Å². The molecule has 0 amide bonds. The smallest absolute Gasteiger partial charge is 0.231 e. The second-order valence-electron chi connectivity index (χ2n) is 6.04. The second kappa shape index (κ2) is 6.15. The number of hydrogen-bond donors (Lipinski definition) is 1. The average molecular weight is 274 g/mol. The molecule has 0 radical (unpaired) electrons. The van der Waals surface area contributed by atoms with Gasteiger partial charge in [0.2, 0.25) is 6.79 Å². The third-order valence-corrected chi connectivity index (χ3v) is 3.70. The Balaban J connectivity index is 1.92. The highest BCUT2D eigenvalue weighted by Gasteiger charge is 2.20. The molecule has 1 heterocycles. The van der Waals surface area contributed by atoms with Gasteiger partial charge in [-0.15, -0.1) is 0 Å². The molecule has 1 aliphatic rings. The van der Waals surface area contributed by atoms with Crippen LogP contribution in [-0.4, -0.2) is 13.3 Å². The SMILES string of the molecule is CC(NCC(C)(C)CCC#N)c1ccc2c(c1)OCO2. The summed E-state index contributed by atoms with van der Waals surface area (Å²) >= 11 is 0. The van der Waals surface area contributed by atoms with Crippen LogP contribution >= 0.6 is 0 Å². The number of fused-ring (bicyclic) bond motifs is 1. The van der Waals surface area contributed by atoms with Crippen molar-refractivity contribution in [3.63, 3.8) is 0 Å². The molecule has 20 heavy (non-hydrogen) atoms. The molecule has 4 heteroatoms. The predicted octanol–water partition coefficient (Wildman–Crippen LogP) is 3.40. The minimum atomic E-state index is 0.125. The molecule has 0 fully saturated rings. The molecule has 0 saturated carbocycles. The Morgan fingerprint density at radius 2 is 2.10 bits per heavy atom. The van der Waals surface area contributed by atoms with E-state index in [1.54, 1.807) is 0 Å². The lowest BCUT2D eigenvalue weighted by Gasteiger charge is -2.26. The van der Waals surface area contributed by atoms with Crippen LogP contribution in [0.1, 0.15) is 45.2 Å². The van der Waals surface area contributed by atoms with Gasteiger partial charge in [-0.25, -0.2) is 0 Å². The van der Waals surface area contributed by atoms with Gasteiger partial charge in [0.1, 0.15) is 0 Å². The van der Waals surface area contributed by atoms with Crippen LogP contribution in [0.25, 0.3) is 0 Å². The van der Waals surface area contributed by atoms with Crippen LogP contribution in [0.5, 0.6) is 11.5 Å². The van der Waals surface area contributed by atoms with Crippen LogP contribution in [0, 0.1) is 16.7 Å². The summed E-state index contributed by atoms with van der Waals surface area (Å²) in [7, 11) is 0. The molecule has 1 atom stereocenters. The Labute approximate surface area is 120 Å². The first-order valence-corrected chi connectivity index (χ1v) is 7.02. The summed E-state index contributed by atoms with van der Waals surface area (Å²) in [5.74, 6) is 1.63. The normalized spacial score (nSPS) is 14.9. The van der Waals surface area contributed by atoms with Crippen LogP contribution in [0.15, 0.2) is 18.2 Å². The van der Waals surface area contributed by atoms with Gasteiger partial charge in [-0.05, 0) is 36.5 Å². The first kappa shape index (κ1) is 14.7. The second-order valence-corrected chi connectivity index (χ2v) is 6.04. The first-order valence-electron chi connectivity index (χ1n) is 7.02. The number of nitriles is 1. The number of ether oxygens (including phenoxy) is 2. The molecule has 2 rings (SSSR count). The zero-order chi connectivity index (χ0) is 14.6. The van der Waals surface area contributed by atoms with Crippen molar-refractivity contribution in [2.45, 2.75) is 39.7 Å². The van der Waals surface area contributed by atoms with Gasteiger partial charge < -0.3 is 14.8 Å². The Morgan fingerprint density at radius 3 is 2.85 bits per heavy atom. The summed E-state index contributed by atoms with van der Waals surface area (Å²) in [6, 6.07) is 8.50. The standard InChI is InChI=1S/C16H22N2O2/c1-12(18-10-16(2,3)7-4-8-17)13-5-6-14-15(9-13)20-11-19-14/h5-6,9,12,18H,4,7,10-11H2,1-3H3. The van der Waals surface area contributed by atoms with E-state index in [0.29, 0.717) is 13.2 Å². The van der Waals surface area contributed by atoms with Gasteiger partial charge in [-0.3, -0.25) is 0 Å². The summed E-state index contributed by atoms with van der Waals surface area (Å²) in [5, 5.41) is 12.2. The van der Waals surface area contributed by atoms with Crippen LogP contribution < -0.4 is 14.8 Å². The van der Waals surface area contributed by atoms with Gasteiger partial charge in [0.15, 0.2) is 11.5 Å². The molecule has 0 aromatic heterocycles. The first-order chi connectivity index (χ1) is 9.52. The highest BCUT2D eigenvalue weighted by Crippen LogP contribution is 2.34. The highest BCUT2D eigenvalue weighted by atomic mass is 16.7. The highest BCUT2D eigenvalue weighted by molar-refractivity contribution is 5.45. The molecule has 0 aliphatic carbocycles. The number of benzene rings is 1. The molecule has 0 bridgehead atoms. The number of rotatable bonds is 6. The minimum absolute atomic E-state index is 0.125. The van der Waals surface area contributed by atoms with Crippen molar-refractivity contribution < 1.29 is 9.47 Å². The zero-order valence-electron chi connectivity index (χ0n) is 12.4. The van der Waals surface area contributed by atoms with Crippen LogP contribution in [0.2, 0.25) is 0 Å². The Kier molecular flexibility index (Phi) is 4.51. The average Bonchev–Trinajstić information content (AvgIpc) is 2.90. The monoisotopic (exact) mass is 274 g/mol. The van der Waals surface area contributed by atoms with Crippen LogP contribution in [0.3, 0.4) is 0 Å². The lowest BCUT2D eigenvalue weighted by molar-refractivity contribution is 0.174. The number of hydrogen-bond acceptors (Lipinski definition) is 4. The molecule has 108 valence electrons. The topological polar surface area (TPSA) is 54.3 Å². The maximum Gasteiger partial charge on any atom is 0.231 e. The molecule has 0 saturated heterocycles. The molecule has 1 aromatic carbocycles. The van der Waals surface area contributed by atoms with Crippen molar-refractivity contribution in [1.82, 2.24) is 5.32 Å². The fourth-order valence-electron chi connectivity index (χ4n) is 2.21. The lowest BCUT2D eigenvalue weighted by atomic mass is 9.87. The number of nitrogens with one attached hydrogen (secondary N) is 1. The lowest BCUT2D eigenvalue weighted by Crippen LogP contribution is -2.31. The van der Waals surface area contributed by atoms with E-state index >= 15 is 0 Å². The van der Waals surface area contributed by atoms with Gasteiger partial charge >= 0.3 is 0 Å². The van der Waals surface area contributed by atoms with Crippen molar-refractivity contribution in [3.8, 4) is 17.6 Å². The van der Waals surface area contributed by atoms with Gasteiger partial charge in [-0.2, -0.15) is 5.26 Å². The van der Waals surface area contributed by atoms with E-state index in [1.165, 1.54) is 5.56 Å². The van der Waals surface area contributed by atoms with Gasteiger partial charge in [0, 0.05) is 19.0 Å². The van der Waals surface area contributed by atoms with Crippen molar-refractivity contribution >= 4 is 0 Å². The minimum Gasteiger partial charge on any atom is -0.454 e. The van der Waals surface area contributed by atoms with E-state index in [9.17, 15) is 0 Å². The molecular weight excluding hydrogens is 252 g/mol. The van der Waals surface area contributed by atoms with Gasteiger partial charge in [0.05, 0.1) is 6.07 Å². The summed E-state index contributed by atoms with van der Waals surface area (Å²) in [5.41, 5.74) is 1.31. The molecule has 1 aliphatic heterocycles. The van der Waals surface area contributed by atoms with E-state index in [2.05, 4.69) is 38.2 Å². The molecular formula is C16H22N2O2. The predicted molar refractivity (Wildman–Crippen MR) is 77.6 cm³/mol. The van der Waals surface area contributed by atoms with Crippen LogP contribution in [-0.2, 0) is 0 Å². The van der Waals surface area contributed by atoms with E-state index in [1.807, 2.05) is 12.1 Å². The van der Waals surface area contributed by atoms with Crippen molar-refractivity contribution in [2.24, 2.45) is 5.41 Å². The fraction of sp³-hybridized carbons (Fsp3) is 0.562. The molecule has 1 unspecified atom stereocenters. The van der Waals surface area contributed by atoms with Crippen molar-refractivity contribution in [2.75, 3.05) is 13.3 Å². The fourth-order valence-corrected chi connectivity index (χ4v) is 2.21. The van der Waals surface area contributed by atoms with Gasteiger partial charge in [0.25, 0.3) is 0 Å². The summed E-state index contributed by atoms with van der Waals surface area (Å²) in [4.78, 5) is 0. The Morgan fingerprint density at radius 1 is 1.35 bits per heavy atom.